The summed E-state index contributed by atoms with van der Waals surface area (Å²) in [4.78, 5) is 0. The van der Waals surface area contributed by atoms with Crippen LogP contribution in [0.5, 0.6) is 0 Å². The maximum absolute atomic E-state index is 5.57. The Labute approximate surface area is 70.7 Å². The van der Waals surface area contributed by atoms with Crippen LogP contribution < -0.4 is 5.73 Å². The van der Waals surface area contributed by atoms with Crippen LogP contribution in [0.15, 0.2) is 12.2 Å². The van der Waals surface area contributed by atoms with Gasteiger partial charge < -0.3 is 5.73 Å². The minimum Gasteiger partial charge on any atom is -0.330 e. The summed E-state index contributed by atoms with van der Waals surface area (Å²) in [5, 5.41) is 0. The molecule has 0 aliphatic carbocycles. The average molecular weight is 155 g/mol. The van der Waals surface area contributed by atoms with Gasteiger partial charge in [-0.15, -0.1) is 0 Å². The number of nitrogens with two attached hydrogens (primary N) is 1. The predicted molar refractivity (Wildman–Crippen MR) is 51.5 cm³/mol. The highest BCUT2D eigenvalue weighted by Gasteiger charge is 2.00. The third-order valence-corrected chi connectivity index (χ3v) is 2.05. The Bertz CT molecular complexity index is 93.0. The molecule has 0 heterocycles. The Balaban J connectivity index is 3.27. The molecule has 0 saturated heterocycles. The van der Waals surface area contributed by atoms with E-state index in [9.17, 15) is 0 Å². The molecule has 0 aromatic heterocycles. The molecule has 11 heavy (non-hydrogen) atoms. The summed E-state index contributed by atoms with van der Waals surface area (Å²) in [6, 6.07) is 0. The fourth-order valence-corrected chi connectivity index (χ4v) is 1.11. The lowest BCUT2D eigenvalue weighted by molar-refractivity contribution is 0.486. The lowest BCUT2D eigenvalue weighted by atomic mass is 10.0. The summed E-state index contributed by atoms with van der Waals surface area (Å²) in [5.41, 5.74) is 5.57. The molecule has 0 aromatic rings. The first-order valence-corrected chi connectivity index (χ1v) is 4.70. The third kappa shape index (κ3) is 6.11. The summed E-state index contributed by atoms with van der Waals surface area (Å²) < 4.78 is 0. The number of rotatable bonds is 6. The Hall–Kier alpha value is -0.300. The van der Waals surface area contributed by atoms with Crippen molar-refractivity contribution in [2.75, 3.05) is 6.54 Å². The van der Waals surface area contributed by atoms with Crippen LogP contribution in [0, 0.1) is 5.92 Å². The summed E-state index contributed by atoms with van der Waals surface area (Å²) in [6.07, 6.45) is 9.31. The van der Waals surface area contributed by atoms with Gasteiger partial charge in [0.05, 0.1) is 0 Å². The number of hydrogen-bond acceptors (Lipinski definition) is 1. The molecule has 2 N–H and O–H groups in total. The van der Waals surface area contributed by atoms with Gasteiger partial charge in [0.2, 0.25) is 0 Å². The fourth-order valence-electron chi connectivity index (χ4n) is 1.11. The molecule has 1 atom stereocenters. The van der Waals surface area contributed by atoms with Crippen LogP contribution in [0.4, 0.5) is 0 Å². The smallest absolute Gasteiger partial charge is 0.00489 e. The van der Waals surface area contributed by atoms with Gasteiger partial charge in [0.15, 0.2) is 0 Å². The standard InChI is InChI=1S/C10H21N/c1-3-5-6-7-8-10(4-2)9-11/h5-6,10H,3-4,7-9,11H2,1-2H3. The molecular formula is C10H21N. The van der Waals surface area contributed by atoms with Crippen molar-refractivity contribution in [3.63, 3.8) is 0 Å². The van der Waals surface area contributed by atoms with Crippen LogP contribution >= 0.6 is 0 Å². The van der Waals surface area contributed by atoms with Crippen LogP contribution in [-0.4, -0.2) is 6.54 Å². The maximum Gasteiger partial charge on any atom is -0.00489 e. The quantitative estimate of drug-likeness (QED) is 0.586. The Morgan fingerprint density at radius 3 is 2.45 bits per heavy atom. The van der Waals surface area contributed by atoms with Gasteiger partial charge in [0.25, 0.3) is 0 Å². The van der Waals surface area contributed by atoms with Crippen molar-refractivity contribution in [2.24, 2.45) is 11.7 Å². The molecule has 0 rings (SSSR count). The molecule has 0 radical (unpaired) electrons. The van der Waals surface area contributed by atoms with E-state index in [1.165, 1.54) is 19.3 Å². The van der Waals surface area contributed by atoms with Crippen molar-refractivity contribution in [1.82, 2.24) is 0 Å². The zero-order valence-corrected chi connectivity index (χ0v) is 7.84. The van der Waals surface area contributed by atoms with E-state index in [1.807, 2.05) is 0 Å². The summed E-state index contributed by atoms with van der Waals surface area (Å²) in [5.74, 6) is 0.733. The molecule has 66 valence electrons. The van der Waals surface area contributed by atoms with Gasteiger partial charge in [-0.2, -0.15) is 0 Å². The predicted octanol–water partition coefficient (Wildman–Crippen LogP) is 2.72. The van der Waals surface area contributed by atoms with E-state index in [4.69, 9.17) is 5.73 Å². The van der Waals surface area contributed by atoms with Gasteiger partial charge in [0.1, 0.15) is 0 Å². The highest BCUT2D eigenvalue weighted by Crippen LogP contribution is 2.09. The van der Waals surface area contributed by atoms with Crippen molar-refractivity contribution in [3.05, 3.63) is 12.2 Å². The molecular weight excluding hydrogens is 134 g/mol. The van der Waals surface area contributed by atoms with Crippen LogP contribution in [0.2, 0.25) is 0 Å². The van der Waals surface area contributed by atoms with Gasteiger partial charge >= 0.3 is 0 Å². The van der Waals surface area contributed by atoms with E-state index in [0.717, 1.165) is 18.9 Å². The highest BCUT2D eigenvalue weighted by atomic mass is 14.5. The molecule has 0 amide bonds. The van der Waals surface area contributed by atoms with Gasteiger partial charge in [0, 0.05) is 0 Å². The van der Waals surface area contributed by atoms with Crippen LogP contribution in [0.3, 0.4) is 0 Å². The summed E-state index contributed by atoms with van der Waals surface area (Å²) >= 11 is 0. The van der Waals surface area contributed by atoms with Gasteiger partial charge in [-0.1, -0.05) is 32.4 Å². The van der Waals surface area contributed by atoms with Crippen LogP contribution in [0.25, 0.3) is 0 Å². The Morgan fingerprint density at radius 1 is 1.27 bits per heavy atom. The molecule has 0 spiro atoms. The largest absolute Gasteiger partial charge is 0.330 e. The third-order valence-electron chi connectivity index (χ3n) is 2.05. The molecule has 0 fully saturated rings. The van der Waals surface area contributed by atoms with Gasteiger partial charge in [-0.25, -0.2) is 0 Å². The number of allylic oxidation sites excluding steroid dienone is 2. The van der Waals surface area contributed by atoms with Crippen molar-refractivity contribution in [1.29, 1.82) is 0 Å². The lowest BCUT2D eigenvalue weighted by Gasteiger charge is -2.08. The second-order valence-corrected chi connectivity index (χ2v) is 2.97. The van der Waals surface area contributed by atoms with E-state index < -0.39 is 0 Å². The van der Waals surface area contributed by atoms with Crippen molar-refractivity contribution in [3.8, 4) is 0 Å². The monoisotopic (exact) mass is 155 g/mol. The zero-order chi connectivity index (χ0) is 8.53. The molecule has 1 nitrogen and oxygen atoms in total. The van der Waals surface area contributed by atoms with Crippen molar-refractivity contribution >= 4 is 0 Å². The normalized spacial score (nSPS) is 14.1. The lowest BCUT2D eigenvalue weighted by Crippen LogP contribution is -2.12. The zero-order valence-electron chi connectivity index (χ0n) is 7.84. The van der Waals surface area contributed by atoms with E-state index >= 15 is 0 Å². The first kappa shape index (κ1) is 10.7. The topological polar surface area (TPSA) is 26.0 Å². The van der Waals surface area contributed by atoms with Gasteiger partial charge in [-0.3, -0.25) is 0 Å². The van der Waals surface area contributed by atoms with E-state index in [-0.39, 0.29) is 0 Å². The van der Waals surface area contributed by atoms with Crippen LogP contribution in [0.1, 0.15) is 39.5 Å². The average Bonchev–Trinajstić information content (AvgIpc) is 2.05. The minimum atomic E-state index is 0.733. The van der Waals surface area contributed by atoms with Crippen molar-refractivity contribution in [2.45, 2.75) is 39.5 Å². The second-order valence-electron chi connectivity index (χ2n) is 2.97. The molecule has 0 aromatic carbocycles. The van der Waals surface area contributed by atoms with E-state index in [1.54, 1.807) is 0 Å². The molecule has 0 bridgehead atoms. The Kier molecular flexibility index (Phi) is 7.59. The van der Waals surface area contributed by atoms with Crippen LogP contribution in [-0.2, 0) is 0 Å². The van der Waals surface area contributed by atoms with E-state index in [2.05, 4.69) is 26.0 Å². The molecule has 1 unspecified atom stereocenters. The first-order chi connectivity index (χ1) is 5.35. The first-order valence-electron chi connectivity index (χ1n) is 4.70. The van der Waals surface area contributed by atoms with Gasteiger partial charge in [-0.05, 0) is 31.7 Å². The van der Waals surface area contributed by atoms with Crippen molar-refractivity contribution < 1.29 is 0 Å². The Morgan fingerprint density at radius 2 is 2.00 bits per heavy atom. The summed E-state index contributed by atoms with van der Waals surface area (Å²) in [6.45, 7) is 5.22. The minimum absolute atomic E-state index is 0.733. The molecule has 0 aliphatic rings. The maximum atomic E-state index is 5.57. The number of hydrogen-bond donors (Lipinski definition) is 1. The summed E-state index contributed by atoms with van der Waals surface area (Å²) in [7, 11) is 0. The second kappa shape index (κ2) is 7.80. The SMILES string of the molecule is CCC=CCCC(CC)CN. The highest BCUT2D eigenvalue weighted by molar-refractivity contribution is 4.80. The molecule has 0 saturated carbocycles. The van der Waals surface area contributed by atoms with E-state index in [0.29, 0.717) is 0 Å². The molecule has 0 aliphatic heterocycles. The molecule has 1 heteroatoms. The fraction of sp³-hybridized carbons (Fsp3) is 0.800.